The maximum Gasteiger partial charge on any atom is 0.249 e. The number of nitrogens with zero attached hydrogens (tertiary/aromatic N) is 3. The van der Waals surface area contributed by atoms with Crippen molar-refractivity contribution in [3.8, 4) is 0 Å². The van der Waals surface area contributed by atoms with Gasteiger partial charge in [-0.05, 0) is 24.8 Å². The van der Waals surface area contributed by atoms with Crippen LogP contribution in [0.3, 0.4) is 0 Å². The summed E-state index contributed by atoms with van der Waals surface area (Å²) in [5, 5.41) is 0. The lowest BCUT2D eigenvalue weighted by Crippen LogP contribution is -2.58. The smallest absolute Gasteiger partial charge is 0.249 e. The van der Waals surface area contributed by atoms with Gasteiger partial charge in [-0.2, -0.15) is 0 Å². The first kappa shape index (κ1) is 17.2. The van der Waals surface area contributed by atoms with Crippen LogP contribution in [0.1, 0.15) is 24.2 Å². The molecule has 0 radical (unpaired) electrons. The van der Waals surface area contributed by atoms with E-state index in [1.807, 2.05) is 4.90 Å². The lowest BCUT2D eigenvalue weighted by atomic mass is 9.89. The summed E-state index contributed by atoms with van der Waals surface area (Å²) >= 11 is 0. The van der Waals surface area contributed by atoms with Crippen molar-refractivity contribution in [1.82, 2.24) is 19.8 Å². The minimum atomic E-state index is -0.191. The Labute approximate surface area is 154 Å². The summed E-state index contributed by atoms with van der Waals surface area (Å²) in [7, 11) is 0. The molecule has 1 amide bonds. The summed E-state index contributed by atoms with van der Waals surface area (Å²) in [4.78, 5) is 23.9. The minimum Gasteiger partial charge on any atom is -0.363 e. The van der Waals surface area contributed by atoms with Gasteiger partial charge in [0.1, 0.15) is 12.4 Å². The Morgan fingerprint density at radius 1 is 1.19 bits per heavy atom. The van der Waals surface area contributed by atoms with Crippen LogP contribution in [-0.2, 0) is 22.5 Å². The fourth-order valence-electron chi connectivity index (χ4n) is 3.92. The van der Waals surface area contributed by atoms with Crippen molar-refractivity contribution in [3.63, 3.8) is 0 Å². The van der Waals surface area contributed by atoms with Crippen molar-refractivity contribution >= 4 is 5.91 Å². The predicted octanol–water partition coefficient (Wildman–Crippen LogP) is 1.85. The molecule has 138 valence electrons. The van der Waals surface area contributed by atoms with E-state index >= 15 is 0 Å². The number of likely N-dealkylation sites (tertiary alicyclic amines) is 1. The van der Waals surface area contributed by atoms with Gasteiger partial charge in [0.25, 0.3) is 0 Å². The molecule has 3 heterocycles. The highest BCUT2D eigenvalue weighted by molar-refractivity contribution is 5.78. The van der Waals surface area contributed by atoms with Gasteiger partial charge < -0.3 is 19.5 Å². The summed E-state index contributed by atoms with van der Waals surface area (Å²) in [5.41, 5.74) is 1.20. The predicted molar refractivity (Wildman–Crippen MR) is 98.5 cm³/mol. The molecule has 0 aliphatic carbocycles. The van der Waals surface area contributed by atoms with Crippen molar-refractivity contribution in [2.24, 2.45) is 0 Å². The first-order valence-electron chi connectivity index (χ1n) is 9.39. The molecule has 4 rings (SSSR count). The average Bonchev–Trinajstić information content (AvgIpc) is 3.19. The van der Waals surface area contributed by atoms with Gasteiger partial charge in [-0.1, -0.05) is 30.3 Å². The third kappa shape index (κ3) is 3.97. The van der Waals surface area contributed by atoms with Crippen LogP contribution in [0.25, 0.3) is 0 Å². The second-order valence-corrected chi connectivity index (χ2v) is 7.33. The van der Waals surface area contributed by atoms with Gasteiger partial charge in [-0.3, -0.25) is 4.79 Å². The SMILES string of the molecule is O=C1COC2(CCN(CCc3ccccc3)CC2)CN1Cc1ncc[nH]1. The lowest BCUT2D eigenvalue weighted by Gasteiger charge is -2.47. The number of carbonyl (C=O) groups excluding carboxylic acids is 1. The van der Waals surface area contributed by atoms with Gasteiger partial charge in [-0.25, -0.2) is 4.98 Å². The first-order valence-corrected chi connectivity index (χ1v) is 9.39. The van der Waals surface area contributed by atoms with Gasteiger partial charge >= 0.3 is 0 Å². The fraction of sp³-hybridized carbons (Fsp3) is 0.500. The number of morpholine rings is 1. The van der Waals surface area contributed by atoms with Crippen LogP contribution in [0, 0.1) is 0 Å². The van der Waals surface area contributed by atoms with E-state index < -0.39 is 0 Å². The van der Waals surface area contributed by atoms with Crippen molar-refractivity contribution in [1.29, 1.82) is 0 Å². The standard InChI is InChI=1S/C20H26N4O2/c25-19-15-26-20(16-24(19)14-18-21-9-10-22-18)7-12-23(13-8-20)11-6-17-4-2-1-3-5-17/h1-5,9-10H,6-8,11-16H2,(H,21,22). The summed E-state index contributed by atoms with van der Waals surface area (Å²) in [5.74, 6) is 0.884. The molecule has 1 spiro atoms. The molecule has 2 saturated heterocycles. The zero-order valence-corrected chi connectivity index (χ0v) is 15.1. The quantitative estimate of drug-likeness (QED) is 0.890. The Kier molecular flexibility index (Phi) is 5.04. The summed E-state index contributed by atoms with van der Waals surface area (Å²) in [6.07, 6.45) is 6.55. The molecular weight excluding hydrogens is 328 g/mol. The Balaban J connectivity index is 1.30. The first-order chi connectivity index (χ1) is 12.7. The maximum absolute atomic E-state index is 12.2. The van der Waals surface area contributed by atoms with Gasteiger partial charge in [0.2, 0.25) is 5.91 Å². The lowest BCUT2D eigenvalue weighted by molar-refractivity contribution is -0.172. The van der Waals surface area contributed by atoms with E-state index in [-0.39, 0.29) is 18.1 Å². The molecule has 0 saturated carbocycles. The molecule has 6 heteroatoms. The van der Waals surface area contributed by atoms with E-state index in [0.717, 1.165) is 44.7 Å². The van der Waals surface area contributed by atoms with Crippen LogP contribution in [0.15, 0.2) is 42.7 Å². The number of aromatic nitrogens is 2. The number of amides is 1. The number of benzene rings is 1. The van der Waals surface area contributed by atoms with Gasteiger partial charge in [0.05, 0.1) is 18.7 Å². The Bertz CT molecular complexity index is 709. The van der Waals surface area contributed by atoms with E-state index in [2.05, 4.69) is 45.2 Å². The molecule has 2 aliphatic heterocycles. The van der Waals surface area contributed by atoms with E-state index in [1.54, 1.807) is 12.4 Å². The zero-order chi connectivity index (χ0) is 17.8. The number of carbonyl (C=O) groups is 1. The van der Waals surface area contributed by atoms with Crippen LogP contribution >= 0.6 is 0 Å². The normalized spacial score (nSPS) is 20.6. The van der Waals surface area contributed by atoms with Crippen LogP contribution < -0.4 is 0 Å². The maximum atomic E-state index is 12.2. The van der Waals surface area contributed by atoms with E-state index in [1.165, 1.54) is 5.56 Å². The molecule has 2 aromatic rings. The van der Waals surface area contributed by atoms with Gasteiger partial charge in [-0.15, -0.1) is 0 Å². The fourth-order valence-corrected chi connectivity index (χ4v) is 3.92. The topological polar surface area (TPSA) is 61.5 Å². The van der Waals surface area contributed by atoms with Gasteiger partial charge in [0.15, 0.2) is 0 Å². The van der Waals surface area contributed by atoms with Crippen LogP contribution in [0.5, 0.6) is 0 Å². The monoisotopic (exact) mass is 354 g/mol. The van der Waals surface area contributed by atoms with E-state index in [9.17, 15) is 4.79 Å². The molecule has 1 aromatic carbocycles. The molecule has 2 fully saturated rings. The summed E-state index contributed by atoms with van der Waals surface area (Å²) in [6.45, 7) is 4.51. The highest BCUT2D eigenvalue weighted by atomic mass is 16.5. The number of aromatic amines is 1. The summed E-state index contributed by atoms with van der Waals surface area (Å²) in [6, 6.07) is 10.6. The number of nitrogens with one attached hydrogen (secondary N) is 1. The number of H-pyrrole nitrogens is 1. The molecule has 0 atom stereocenters. The number of hydrogen-bond donors (Lipinski definition) is 1. The van der Waals surface area contributed by atoms with Gasteiger partial charge in [0, 0.05) is 32.0 Å². The molecule has 0 bridgehead atoms. The van der Waals surface area contributed by atoms with Crippen molar-refractivity contribution in [3.05, 3.63) is 54.1 Å². The number of ether oxygens (including phenoxy) is 1. The average molecular weight is 354 g/mol. The van der Waals surface area contributed by atoms with E-state index in [4.69, 9.17) is 4.74 Å². The molecule has 6 nitrogen and oxygen atoms in total. The summed E-state index contributed by atoms with van der Waals surface area (Å²) < 4.78 is 6.03. The third-order valence-electron chi connectivity index (χ3n) is 5.56. The molecule has 1 N–H and O–H groups in total. The molecule has 1 aromatic heterocycles. The highest BCUT2D eigenvalue weighted by Gasteiger charge is 2.42. The second-order valence-electron chi connectivity index (χ2n) is 7.33. The molecule has 0 unspecified atom stereocenters. The second kappa shape index (κ2) is 7.60. The van der Waals surface area contributed by atoms with Crippen LogP contribution in [-0.4, -0.2) is 64.1 Å². The number of imidazole rings is 1. The molecular formula is C20H26N4O2. The Hall–Kier alpha value is -2.18. The van der Waals surface area contributed by atoms with Crippen LogP contribution in [0.2, 0.25) is 0 Å². The minimum absolute atomic E-state index is 0.0542. The van der Waals surface area contributed by atoms with Crippen molar-refractivity contribution < 1.29 is 9.53 Å². The largest absolute Gasteiger partial charge is 0.363 e. The Morgan fingerprint density at radius 3 is 2.73 bits per heavy atom. The third-order valence-corrected chi connectivity index (χ3v) is 5.56. The number of rotatable bonds is 5. The van der Waals surface area contributed by atoms with Crippen molar-refractivity contribution in [2.45, 2.75) is 31.4 Å². The molecule has 26 heavy (non-hydrogen) atoms. The highest BCUT2D eigenvalue weighted by Crippen LogP contribution is 2.31. The Morgan fingerprint density at radius 2 is 2.00 bits per heavy atom. The number of piperidine rings is 1. The van der Waals surface area contributed by atoms with Crippen molar-refractivity contribution in [2.75, 3.05) is 32.8 Å². The number of hydrogen-bond acceptors (Lipinski definition) is 4. The van der Waals surface area contributed by atoms with E-state index in [0.29, 0.717) is 13.1 Å². The molecule has 2 aliphatic rings. The van der Waals surface area contributed by atoms with Crippen LogP contribution in [0.4, 0.5) is 0 Å². The zero-order valence-electron chi connectivity index (χ0n) is 15.1.